The Kier molecular flexibility index (Phi) is 5.30. The van der Waals surface area contributed by atoms with Crippen molar-refractivity contribution in [3.8, 4) is 11.5 Å². The number of allylic oxidation sites excluding steroid dienone is 2. The SMILES string of the molecule is COC(=O)CC(c1ccc(OC)c(OC)c1)N1CC2=CCCC=C2C1=O. The van der Waals surface area contributed by atoms with Gasteiger partial charge in [0.15, 0.2) is 11.5 Å². The van der Waals surface area contributed by atoms with Gasteiger partial charge in [-0.25, -0.2) is 0 Å². The van der Waals surface area contributed by atoms with Crippen LogP contribution in [0.1, 0.15) is 30.9 Å². The molecule has 138 valence electrons. The number of methoxy groups -OCH3 is 3. The molecule has 0 bridgehead atoms. The first-order chi connectivity index (χ1) is 12.6. The third kappa shape index (κ3) is 3.31. The topological polar surface area (TPSA) is 65.1 Å². The Balaban J connectivity index is 1.98. The molecule has 1 aromatic carbocycles. The predicted molar refractivity (Wildman–Crippen MR) is 96.0 cm³/mol. The summed E-state index contributed by atoms with van der Waals surface area (Å²) in [7, 11) is 4.48. The van der Waals surface area contributed by atoms with Crippen molar-refractivity contribution in [1.82, 2.24) is 4.90 Å². The molecule has 1 aromatic rings. The van der Waals surface area contributed by atoms with Crippen LogP contribution >= 0.6 is 0 Å². The Morgan fingerprint density at radius 1 is 1.12 bits per heavy atom. The van der Waals surface area contributed by atoms with E-state index in [0.29, 0.717) is 18.0 Å². The van der Waals surface area contributed by atoms with Gasteiger partial charge < -0.3 is 19.1 Å². The van der Waals surface area contributed by atoms with E-state index in [4.69, 9.17) is 14.2 Å². The number of hydrogen-bond donors (Lipinski definition) is 0. The summed E-state index contributed by atoms with van der Waals surface area (Å²) in [6.07, 6.45) is 5.99. The van der Waals surface area contributed by atoms with Gasteiger partial charge in [-0.2, -0.15) is 0 Å². The number of benzene rings is 1. The van der Waals surface area contributed by atoms with Gasteiger partial charge in [-0.3, -0.25) is 9.59 Å². The lowest BCUT2D eigenvalue weighted by atomic mass is 10.0. The minimum absolute atomic E-state index is 0.0420. The quantitative estimate of drug-likeness (QED) is 0.733. The van der Waals surface area contributed by atoms with E-state index in [1.165, 1.54) is 7.11 Å². The maximum absolute atomic E-state index is 12.9. The molecule has 0 radical (unpaired) electrons. The van der Waals surface area contributed by atoms with Crippen LogP contribution in [0.3, 0.4) is 0 Å². The first-order valence-electron chi connectivity index (χ1n) is 8.58. The molecular weight excluding hydrogens is 334 g/mol. The van der Waals surface area contributed by atoms with E-state index in [1.807, 2.05) is 18.2 Å². The van der Waals surface area contributed by atoms with Crippen molar-refractivity contribution in [1.29, 1.82) is 0 Å². The molecule has 0 spiro atoms. The van der Waals surface area contributed by atoms with E-state index in [9.17, 15) is 9.59 Å². The molecular formula is C20H23NO5. The van der Waals surface area contributed by atoms with Crippen LogP contribution in [0.5, 0.6) is 11.5 Å². The third-order valence-corrected chi connectivity index (χ3v) is 4.84. The van der Waals surface area contributed by atoms with Crippen LogP contribution in [0, 0.1) is 0 Å². The molecule has 1 aliphatic carbocycles. The van der Waals surface area contributed by atoms with Gasteiger partial charge >= 0.3 is 5.97 Å². The Bertz CT molecular complexity index is 780. The highest BCUT2D eigenvalue weighted by molar-refractivity contribution is 6.02. The normalized spacial score (nSPS) is 17.2. The zero-order chi connectivity index (χ0) is 18.7. The van der Waals surface area contributed by atoms with Gasteiger partial charge in [0.2, 0.25) is 0 Å². The van der Waals surface area contributed by atoms with Crippen LogP contribution in [-0.2, 0) is 14.3 Å². The lowest BCUT2D eigenvalue weighted by molar-refractivity contribution is -0.142. The molecule has 0 aromatic heterocycles. The Labute approximate surface area is 153 Å². The lowest BCUT2D eigenvalue weighted by Crippen LogP contribution is -2.32. The fourth-order valence-corrected chi connectivity index (χ4v) is 3.47. The van der Waals surface area contributed by atoms with Crippen molar-refractivity contribution < 1.29 is 23.8 Å². The van der Waals surface area contributed by atoms with Crippen molar-refractivity contribution >= 4 is 11.9 Å². The number of carbonyl (C=O) groups is 2. The molecule has 1 heterocycles. The Morgan fingerprint density at radius 3 is 2.50 bits per heavy atom. The first-order valence-corrected chi connectivity index (χ1v) is 8.58. The molecule has 6 heteroatoms. The van der Waals surface area contributed by atoms with Crippen molar-refractivity contribution in [2.75, 3.05) is 27.9 Å². The zero-order valence-corrected chi connectivity index (χ0v) is 15.3. The molecule has 1 aliphatic heterocycles. The molecule has 0 N–H and O–H groups in total. The molecule has 1 atom stereocenters. The monoisotopic (exact) mass is 357 g/mol. The van der Waals surface area contributed by atoms with Crippen molar-refractivity contribution in [3.63, 3.8) is 0 Å². The van der Waals surface area contributed by atoms with E-state index < -0.39 is 6.04 Å². The standard InChI is InChI=1S/C20H23NO5/c1-24-17-9-8-13(10-18(17)25-2)16(11-19(22)26-3)21-12-14-6-4-5-7-15(14)20(21)23/h6-10,16H,4-5,11-12H2,1-3H3. The number of nitrogens with zero attached hydrogens (tertiary/aromatic N) is 1. The van der Waals surface area contributed by atoms with Crippen LogP contribution < -0.4 is 9.47 Å². The second-order valence-corrected chi connectivity index (χ2v) is 6.27. The van der Waals surface area contributed by atoms with Gasteiger partial charge in [-0.05, 0) is 36.1 Å². The Hall–Kier alpha value is -2.76. The molecule has 1 fully saturated rings. The average Bonchev–Trinajstić information content (AvgIpc) is 3.02. The highest BCUT2D eigenvalue weighted by atomic mass is 16.5. The molecule has 1 amide bonds. The number of carbonyl (C=O) groups excluding carboxylic acids is 2. The van der Waals surface area contributed by atoms with Gasteiger partial charge in [0, 0.05) is 12.1 Å². The van der Waals surface area contributed by atoms with E-state index in [2.05, 4.69) is 6.08 Å². The molecule has 2 aliphatic rings. The maximum atomic E-state index is 12.9. The highest BCUT2D eigenvalue weighted by Crippen LogP contribution is 2.38. The van der Waals surface area contributed by atoms with E-state index in [0.717, 1.165) is 29.6 Å². The van der Waals surface area contributed by atoms with Gasteiger partial charge in [0.1, 0.15) is 0 Å². The number of likely N-dealkylation sites (tertiary alicyclic amines) is 1. The fraction of sp³-hybridized carbons (Fsp3) is 0.400. The van der Waals surface area contributed by atoms with E-state index in [-0.39, 0.29) is 18.3 Å². The number of fused-ring (bicyclic) bond motifs is 1. The van der Waals surface area contributed by atoms with Crippen molar-refractivity contribution in [2.24, 2.45) is 0 Å². The predicted octanol–water partition coefficient (Wildman–Crippen LogP) is 2.80. The minimum atomic E-state index is -0.429. The zero-order valence-electron chi connectivity index (χ0n) is 15.3. The number of ether oxygens (including phenoxy) is 3. The molecule has 3 rings (SSSR count). The molecule has 6 nitrogen and oxygen atoms in total. The maximum Gasteiger partial charge on any atom is 0.307 e. The summed E-state index contributed by atoms with van der Waals surface area (Å²) in [5.74, 6) is 0.748. The highest BCUT2D eigenvalue weighted by Gasteiger charge is 2.37. The average molecular weight is 357 g/mol. The summed E-state index contributed by atoms with van der Waals surface area (Å²) < 4.78 is 15.5. The van der Waals surface area contributed by atoms with E-state index >= 15 is 0 Å². The summed E-state index contributed by atoms with van der Waals surface area (Å²) in [4.78, 5) is 26.7. The van der Waals surface area contributed by atoms with Gasteiger partial charge in [-0.15, -0.1) is 0 Å². The molecule has 26 heavy (non-hydrogen) atoms. The van der Waals surface area contributed by atoms with Gasteiger partial charge in [0.05, 0.1) is 33.8 Å². The van der Waals surface area contributed by atoms with Crippen LogP contribution in [-0.4, -0.2) is 44.7 Å². The number of amides is 1. The second-order valence-electron chi connectivity index (χ2n) is 6.27. The first kappa shape index (κ1) is 18.0. The third-order valence-electron chi connectivity index (χ3n) is 4.84. The van der Waals surface area contributed by atoms with Gasteiger partial charge in [0.25, 0.3) is 5.91 Å². The number of hydrogen-bond acceptors (Lipinski definition) is 5. The minimum Gasteiger partial charge on any atom is -0.493 e. The van der Waals surface area contributed by atoms with Crippen molar-refractivity contribution in [3.05, 3.63) is 47.1 Å². The summed E-state index contributed by atoms with van der Waals surface area (Å²) in [5, 5.41) is 0. The van der Waals surface area contributed by atoms with Crippen LogP contribution in [0.15, 0.2) is 41.5 Å². The molecule has 0 saturated carbocycles. The van der Waals surface area contributed by atoms with Crippen LogP contribution in [0.4, 0.5) is 0 Å². The van der Waals surface area contributed by atoms with Crippen molar-refractivity contribution in [2.45, 2.75) is 25.3 Å². The Morgan fingerprint density at radius 2 is 1.85 bits per heavy atom. The summed E-state index contributed by atoms with van der Waals surface area (Å²) in [5.41, 5.74) is 2.60. The fourth-order valence-electron chi connectivity index (χ4n) is 3.47. The summed E-state index contributed by atoms with van der Waals surface area (Å²) >= 11 is 0. The largest absolute Gasteiger partial charge is 0.493 e. The summed E-state index contributed by atoms with van der Waals surface area (Å²) in [6, 6.07) is 5.02. The van der Waals surface area contributed by atoms with Crippen LogP contribution in [0.25, 0.3) is 0 Å². The molecule has 1 saturated heterocycles. The van der Waals surface area contributed by atoms with Gasteiger partial charge in [-0.1, -0.05) is 18.2 Å². The second kappa shape index (κ2) is 7.64. The number of rotatable bonds is 6. The lowest BCUT2D eigenvalue weighted by Gasteiger charge is -2.27. The van der Waals surface area contributed by atoms with Crippen LogP contribution in [0.2, 0.25) is 0 Å². The van der Waals surface area contributed by atoms with E-state index in [1.54, 1.807) is 25.2 Å². The number of esters is 1. The smallest absolute Gasteiger partial charge is 0.307 e. The summed E-state index contributed by atoms with van der Waals surface area (Å²) in [6.45, 7) is 0.501. The molecule has 1 unspecified atom stereocenters.